The largest absolute Gasteiger partial charge is 0.306 e. The molecule has 0 spiro atoms. The Hall–Kier alpha value is 0.696. The Morgan fingerprint density at radius 1 is 0.818 bits per heavy atom. The van der Waals surface area contributed by atoms with E-state index in [9.17, 15) is 0 Å². The minimum atomic E-state index is -1.21. The number of rotatable bonds is 4. The second-order valence-electron chi connectivity index (χ2n) is 7.26. The summed E-state index contributed by atoms with van der Waals surface area (Å²) in [6, 6.07) is 0.553. The van der Waals surface area contributed by atoms with Gasteiger partial charge in [0.05, 0.1) is 8.07 Å². The number of hydrogen-bond donors (Lipinski definition) is 0. The summed E-state index contributed by atoms with van der Waals surface area (Å²) in [6.07, 6.45) is 16.9. The average Bonchev–Trinajstić information content (AvgIpc) is 3.00. The number of nitrogens with zero attached hydrogens (tertiary/aromatic N) is 1. The maximum atomic E-state index is 2.43. The number of hydrogen-bond acceptors (Lipinski definition) is 1. The van der Waals surface area contributed by atoms with E-state index in [1.54, 1.807) is 11.5 Å². The van der Waals surface area contributed by atoms with Gasteiger partial charge in [-0.25, -0.2) is 0 Å². The second-order valence-corrected chi connectivity index (χ2v) is 12.3. The molecule has 22 heavy (non-hydrogen) atoms. The van der Waals surface area contributed by atoms with Crippen LogP contribution in [0.4, 0.5) is 0 Å². The SMILES string of the molecule is CC(C)[C@H]([C]1[CH][CH][CH][C]1[Si](C)(C)C)N(C)C.[CH]1[CH][CH][CH][CH]1.[Fe]. The first-order valence-corrected chi connectivity index (χ1v) is 11.3. The third kappa shape index (κ3) is 7.07. The van der Waals surface area contributed by atoms with E-state index in [-0.39, 0.29) is 17.1 Å². The molecule has 2 fully saturated rings. The van der Waals surface area contributed by atoms with E-state index in [1.165, 1.54) is 0 Å². The van der Waals surface area contributed by atoms with Crippen LogP contribution in [-0.2, 0) is 17.1 Å². The zero-order chi connectivity index (χ0) is 16.0. The fraction of sp³-hybridized carbons (Fsp3) is 0.474. The summed E-state index contributed by atoms with van der Waals surface area (Å²) in [5.74, 6) is 2.21. The van der Waals surface area contributed by atoms with Gasteiger partial charge in [0, 0.05) is 29.0 Å². The third-order valence-electron chi connectivity index (χ3n) is 3.72. The van der Waals surface area contributed by atoms with E-state index in [2.05, 4.69) is 71.7 Å². The van der Waals surface area contributed by atoms with Crippen molar-refractivity contribution in [3.05, 3.63) is 62.8 Å². The van der Waals surface area contributed by atoms with Gasteiger partial charge in [0.25, 0.3) is 0 Å². The van der Waals surface area contributed by atoms with Crippen LogP contribution in [-0.4, -0.2) is 33.1 Å². The van der Waals surface area contributed by atoms with Gasteiger partial charge in [0.1, 0.15) is 0 Å². The molecule has 3 heteroatoms. The van der Waals surface area contributed by atoms with Crippen molar-refractivity contribution in [1.29, 1.82) is 0 Å². The monoisotopic (exact) mass is 357 g/mol. The standard InChI is InChI=1S/C14H26NSi.C5H5.Fe/c1-11(2)14(15(3)4)12-9-8-10-13(12)16(5,6)7;1-2-4-5-3-1;/h8-11,14H,1-7H3;1-5H;/t14-;;/m1../s1. The molecule has 2 saturated carbocycles. The molecule has 0 heterocycles. The molecule has 0 bridgehead atoms. The average molecular weight is 357 g/mol. The summed E-state index contributed by atoms with van der Waals surface area (Å²) in [6.45, 7) is 11.9. The second kappa shape index (κ2) is 10.5. The molecule has 0 saturated heterocycles. The maximum absolute atomic E-state index is 2.43. The molecular weight excluding hydrogens is 326 g/mol. The van der Waals surface area contributed by atoms with Crippen molar-refractivity contribution in [2.75, 3.05) is 14.1 Å². The van der Waals surface area contributed by atoms with E-state index < -0.39 is 8.07 Å². The molecule has 0 aromatic heterocycles. The van der Waals surface area contributed by atoms with Crippen LogP contribution in [0.1, 0.15) is 13.8 Å². The van der Waals surface area contributed by atoms with Crippen molar-refractivity contribution in [2.45, 2.75) is 39.5 Å². The summed E-state index contributed by atoms with van der Waals surface area (Å²) in [7, 11) is 3.17. The molecule has 124 valence electrons. The Morgan fingerprint density at radius 3 is 1.59 bits per heavy atom. The van der Waals surface area contributed by atoms with Crippen molar-refractivity contribution in [1.82, 2.24) is 4.90 Å². The Balaban J connectivity index is 0.000000622. The van der Waals surface area contributed by atoms with Gasteiger partial charge in [-0.05, 0) is 76.9 Å². The van der Waals surface area contributed by atoms with E-state index in [0.717, 1.165) is 0 Å². The molecule has 0 aliphatic heterocycles. The van der Waals surface area contributed by atoms with Crippen LogP contribution in [0.15, 0.2) is 0 Å². The van der Waals surface area contributed by atoms with Crippen molar-refractivity contribution < 1.29 is 17.1 Å². The Bertz CT molecular complexity index is 266. The molecule has 0 N–H and O–H groups in total. The maximum Gasteiger partial charge on any atom is 0.0521 e. The van der Waals surface area contributed by atoms with Gasteiger partial charge in [-0.3, -0.25) is 0 Å². The van der Waals surface area contributed by atoms with Crippen LogP contribution < -0.4 is 0 Å². The molecule has 0 aromatic rings. The Morgan fingerprint density at radius 2 is 1.27 bits per heavy atom. The van der Waals surface area contributed by atoms with Crippen LogP contribution in [0.3, 0.4) is 0 Å². The van der Waals surface area contributed by atoms with Crippen LogP contribution in [0.25, 0.3) is 0 Å². The molecule has 10 radical (unpaired) electrons. The van der Waals surface area contributed by atoms with Gasteiger partial charge >= 0.3 is 0 Å². The van der Waals surface area contributed by atoms with Crippen molar-refractivity contribution >= 4 is 8.07 Å². The predicted octanol–water partition coefficient (Wildman–Crippen LogP) is 4.24. The zero-order valence-electron chi connectivity index (χ0n) is 15.1. The van der Waals surface area contributed by atoms with Gasteiger partial charge < -0.3 is 4.90 Å². The molecule has 1 atom stereocenters. The smallest absolute Gasteiger partial charge is 0.0521 e. The van der Waals surface area contributed by atoms with Gasteiger partial charge in [0.15, 0.2) is 0 Å². The minimum absolute atomic E-state index is 0. The first-order chi connectivity index (χ1) is 9.75. The zero-order valence-corrected chi connectivity index (χ0v) is 17.2. The Labute approximate surface area is 152 Å². The molecule has 1 nitrogen and oxygen atoms in total. The molecule has 2 aliphatic rings. The molecule has 0 unspecified atom stereocenters. The molecule has 0 amide bonds. The first-order valence-electron chi connectivity index (χ1n) is 7.84. The molecule has 2 rings (SSSR count). The topological polar surface area (TPSA) is 3.24 Å². The summed E-state index contributed by atoms with van der Waals surface area (Å²) in [5, 5.41) is 0. The fourth-order valence-corrected chi connectivity index (χ4v) is 4.62. The third-order valence-corrected chi connectivity index (χ3v) is 5.79. The van der Waals surface area contributed by atoms with Crippen LogP contribution in [0.5, 0.6) is 0 Å². The van der Waals surface area contributed by atoms with Crippen LogP contribution in [0.2, 0.25) is 19.6 Å². The van der Waals surface area contributed by atoms with E-state index in [4.69, 9.17) is 0 Å². The van der Waals surface area contributed by atoms with Gasteiger partial charge in [-0.2, -0.15) is 0 Å². The fourth-order valence-electron chi connectivity index (χ4n) is 2.93. The molecule has 0 aromatic carbocycles. The minimum Gasteiger partial charge on any atom is -0.306 e. The van der Waals surface area contributed by atoms with Crippen LogP contribution >= 0.6 is 0 Å². The van der Waals surface area contributed by atoms with Crippen LogP contribution in [0, 0.1) is 68.7 Å². The summed E-state index contributed by atoms with van der Waals surface area (Å²) < 4.78 is 0. The van der Waals surface area contributed by atoms with E-state index in [1.807, 2.05) is 32.1 Å². The van der Waals surface area contributed by atoms with Gasteiger partial charge in [-0.15, -0.1) is 0 Å². The molecular formula is C19H31FeNSi. The normalized spacial score (nSPS) is 21.7. The summed E-state index contributed by atoms with van der Waals surface area (Å²) in [5.41, 5.74) is 1.62. The van der Waals surface area contributed by atoms with Gasteiger partial charge in [0.2, 0.25) is 0 Å². The van der Waals surface area contributed by atoms with E-state index in [0.29, 0.717) is 12.0 Å². The first kappa shape index (κ1) is 22.7. The van der Waals surface area contributed by atoms with Gasteiger partial charge in [-0.1, -0.05) is 33.5 Å². The van der Waals surface area contributed by atoms with Crippen molar-refractivity contribution in [3.63, 3.8) is 0 Å². The predicted molar refractivity (Wildman–Crippen MR) is 96.5 cm³/mol. The summed E-state index contributed by atoms with van der Waals surface area (Å²) in [4.78, 5) is 2.35. The molecule has 2 aliphatic carbocycles. The Kier molecular flexibility index (Phi) is 10.9. The van der Waals surface area contributed by atoms with Crippen molar-refractivity contribution in [3.8, 4) is 0 Å². The van der Waals surface area contributed by atoms with E-state index >= 15 is 0 Å². The van der Waals surface area contributed by atoms with Crippen molar-refractivity contribution in [2.24, 2.45) is 5.92 Å². The summed E-state index contributed by atoms with van der Waals surface area (Å²) >= 11 is 0. The quantitative estimate of drug-likeness (QED) is 0.680.